The summed E-state index contributed by atoms with van der Waals surface area (Å²) in [4.78, 5) is 19.4. The second kappa shape index (κ2) is 7.04. The Kier molecular flexibility index (Phi) is 4.65. The van der Waals surface area contributed by atoms with Crippen LogP contribution in [0.1, 0.15) is 22.8 Å². The molecule has 1 amide bonds. The third kappa shape index (κ3) is 3.77. The number of aromatic nitrogens is 2. The summed E-state index contributed by atoms with van der Waals surface area (Å²) in [6, 6.07) is 12.3. The molecule has 3 aromatic rings. The van der Waals surface area contributed by atoms with Crippen LogP contribution in [0, 0.1) is 0 Å². The van der Waals surface area contributed by atoms with Gasteiger partial charge >= 0.3 is 0 Å². The maximum Gasteiger partial charge on any atom is 0.248 e. The lowest BCUT2D eigenvalue weighted by molar-refractivity contribution is 0.1000. The molecule has 0 bridgehead atoms. The Hall–Kier alpha value is -3.35. The predicted octanol–water partition coefficient (Wildman–Crippen LogP) is 2.29. The quantitative estimate of drug-likeness (QED) is 0.713. The molecule has 0 aliphatic heterocycles. The standard InChI is InChI=1S/C18H18N4O3/c1-2-24-17-14-9-11(3-8-15(14)21-18(20)22-17)10-25-13-6-4-12(5-7-13)16(19)23/h3-9H,2,10H2,1H3,(H2,19,23)(H2,20,21,22). The molecule has 3 rings (SSSR count). The minimum Gasteiger partial charge on any atom is -0.489 e. The van der Waals surface area contributed by atoms with Crippen LogP contribution in [0.4, 0.5) is 5.95 Å². The van der Waals surface area contributed by atoms with Crippen LogP contribution < -0.4 is 20.9 Å². The molecule has 0 saturated carbocycles. The molecule has 0 aliphatic rings. The van der Waals surface area contributed by atoms with E-state index in [2.05, 4.69) is 9.97 Å². The van der Waals surface area contributed by atoms with E-state index in [1.807, 2.05) is 25.1 Å². The zero-order valence-electron chi connectivity index (χ0n) is 13.7. The summed E-state index contributed by atoms with van der Waals surface area (Å²) in [5.74, 6) is 0.805. The number of benzene rings is 2. The zero-order valence-corrected chi connectivity index (χ0v) is 13.7. The highest BCUT2D eigenvalue weighted by atomic mass is 16.5. The van der Waals surface area contributed by atoms with Crippen LogP contribution >= 0.6 is 0 Å². The Morgan fingerprint density at radius 3 is 2.52 bits per heavy atom. The number of anilines is 1. The third-order valence-corrected chi connectivity index (χ3v) is 3.57. The minimum atomic E-state index is -0.469. The van der Waals surface area contributed by atoms with Gasteiger partial charge in [-0.05, 0) is 48.9 Å². The summed E-state index contributed by atoms with van der Waals surface area (Å²) >= 11 is 0. The Morgan fingerprint density at radius 1 is 1.08 bits per heavy atom. The maximum absolute atomic E-state index is 11.1. The summed E-state index contributed by atoms with van der Waals surface area (Å²) < 4.78 is 11.3. The minimum absolute atomic E-state index is 0.175. The number of hydrogen-bond donors (Lipinski definition) is 2. The molecule has 4 N–H and O–H groups in total. The van der Waals surface area contributed by atoms with Crippen molar-refractivity contribution in [1.29, 1.82) is 0 Å². The van der Waals surface area contributed by atoms with Crippen LogP contribution in [0.3, 0.4) is 0 Å². The number of carbonyl (C=O) groups is 1. The van der Waals surface area contributed by atoms with E-state index in [0.29, 0.717) is 35.9 Å². The van der Waals surface area contributed by atoms with Crippen LogP contribution in [0.2, 0.25) is 0 Å². The first kappa shape index (κ1) is 16.5. The highest BCUT2D eigenvalue weighted by Crippen LogP contribution is 2.25. The Morgan fingerprint density at radius 2 is 1.84 bits per heavy atom. The molecule has 0 radical (unpaired) electrons. The van der Waals surface area contributed by atoms with Crippen molar-refractivity contribution in [3.8, 4) is 11.6 Å². The van der Waals surface area contributed by atoms with E-state index < -0.39 is 5.91 Å². The fourth-order valence-electron chi connectivity index (χ4n) is 2.38. The molecule has 0 unspecified atom stereocenters. The molecular formula is C18H18N4O3. The highest BCUT2D eigenvalue weighted by Gasteiger charge is 2.09. The number of primary amides is 1. The Balaban J connectivity index is 1.80. The van der Waals surface area contributed by atoms with Crippen molar-refractivity contribution in [2.24, 2.45) is 5.73 Å². The Labute approximate surface area is 144 Å². The fraction of sp³-hybridized carbons (Fsp3) is 0.167. The van der Waals surface area contributed by atoms with E-state index in [1.165, 1.54) is 0 Å². The number of fused-ring (bicyclic) bond motifs is 1. The van der Waals surface area contributed by atoms with Gasteiger partial charge in [-0.15, -0.1) is 0 Å². The molecule has 25 heavy (non-hydrogen) atoms. The van der Waals surface area contributed by atoms with Gasteiger partial charge in [0.25, 0.3) is 0 Å². The zero-order chi connectivity index (χ0) is 17.8. The van der Waals surface area contributed by atoms with E-state index in [4.69, 9.17) is 20.9 Å². The fourth-order valence-corrected chi connectivity index (χ4v) is 2.38. The van der Waals surface area contributed by atoms with Crippen molar-refractivity contribution >= 4 is 22.8 Å². The molecule has 2 aromatic carbocycles. The van der Waals surface area contributed by atoms with E-state index in [0.717, 1.165) is 10.9 Å². The van der Waals surface area contributed by atoms with E-state index in [-0.39, 0.29) is 5.95 Å². The summed E-state index contributed by atoms with van der Waals surface area (Å²) in [5, 5.41) is 0.779. The van der Waals surface area contributed by atoms with Crippen molar-refractivity contribution in [1.82, 2.24) is 9.97 Å². The topological polar surface area (TPSA) is 113 Å². The maximum atomic E-state index is 11.1. The number of rotatable bonds is 6. The molecule has 0 aliphatic carbocycles. The van der Waals surface area contributed by atoms with E-state index >= 15 is 0 Å². The van der Waals surface area contributed by atoms with E-state index in [9.17, 15) is 4.79 Å². The molecule has 0 saturated heterocycles. The number of ether oxygens (including phenoxy) is 2. The first-order valence-electron chi connectivity index (χ1n) is 7.78. The summed E-state index contributed by atoms with van der Waals surface area (Å²) in [6.07, 6.45) is 0. The second-order valence-corrected chi connectivity index (χ2v) is 5.35. The van der Waals surface area contributed by atoms with Crippen molar-refractivity contribution in [3.63, 3.8) is 0 Å². The molecule has 0 fully saturated rings. The first-order chi connectivity index (χ1) is 12.1. The lowest BCUT2D eigenvalue weighted by Crippen LogP contribution is -2.10. The lowest BCUT2D eigenvalue weighted by Gasteiger charge is -2.10. The SMILES string of the molecule is CCOc1nc(N)nc2ccc(COc3ccc(C(N)=O)cc3)cc12. The molecule has 0 atom stereocenters. The van der Waals surface area contributed by atoms with Crippen LogP contribution in [-0.4, -0.2) is 22.5 Å². The van der Waals surface area contributed by atoms with Gasteiger partial charge in [0.1, 0.15) is 12.4 Å². The smallest absolute Gasteiger partial charge is 0.248 e. The Bertz CT molecular complexity index is 910. The van der Waals surface area contributed by atoms with E-state index in [1.54, 1.807) is 24.3 Å². The highest BCUT2D eigenvalue weighted by molar-refractivity contribution is 5.92. The number of nitrogen functional groups attached to an aromatic ring is 1. The van der Waals surface area contributed by atoms with Crippen molar-refractivity contribution < 1.29 is 14.3 Å². The lowest BCUT2D eigenvalue weighted by atomic mass is 10.1. The van der Waals surface area contributed by atoms with Crippen LogP contribution in [0.5, 0.6) is 11.6 Å². The molecule has 1 heterocycles. The second-order valence-electron chi connectivity index (χ2n) is 5.35. The molecule has 1 aromatic heterocycles. The van der Waals surface area contributed by atoms with Gasteiger partial charge in [0.15, 0.2) is 0 Å². The summed E-state index contributed by atoms with van der Waals surface area (Å²) in [6.45, 7) is 2.72. The normalized spacial score (nSPS) is 10.6. The molecule has 128 valence electrons. The largest absolute Gasteiger partial charge is 0.489 e. The number of nitrogens with zero attached hydrogens (tertiary/aromatic N) is 2. The summed E-state index contributed by atoms with van der Waals surface area (Å²) in [7, 11) is 0. The van der Waals surface area contributed by atoms with Gasteiger partial charge in [-0.1, -0.05) is 6.07 Å². The van der Waals surface area contributed by atoms with Gasteiger partial charge in [0.2, 0.25) is 17.7 Å². The predicted molar refractivity (Wildman–Crippen MR) is 94.4 cm³/mol. The van der Waals surface area contributed by atoms with Gasteiger partial charge < -0.3 is 20.9 Å². The number of hydrogen-bond acceptors (Lipinski definition) is 6. The van der Waals surface area contributed by atoms with Gasteiger partial charge in [-0.3, -0.25) is 4.79 Å². The van der Waals surface area contributed by atoms with Crippen molar-refractivity contribution in [3.05, 3.63) is 53.6 Å². The van der Waals surface area contributed by atoms with Crippen molar-refractivity contribution in [2.75, 3.05) is 12.3 Å². The molecule has 0 spiro atoms. The van der Waals surface area contributed by atoms with Crippen LogP contribution in [0.15, 0.2) is 42.5 Å². The molecule has 7 nitrogen and oxygen atoms in total. The summed E-state index contributed by atoms with van der Waals surface area (Å²) in [5.41, 5.74) is 13.0. The molecule has 7 heteroatoms. The van der Waals surface area contributed by atoms with Crippen LogP contribution in [0.25, 0.3) is 10.9 Å². The number of nitrogens with two attached hydrogens (primary N) is 2. The third-order valence-electron chi connectivity index (χ3n) is 3.57. The van der Waals surface area contributed by atoms with Gasteiger partial charge in [-0.2, -0.15) is 4.98 Å². The number of carbonyl (C=O) groups excluding carboxylic acids is 1. The van der Waals surface area contributed by atoms with Crippen molar-refractivity contribution in [2.45, 2.75) is 13.5 Å². The monoisotopic (exact) mass is 338 g/mol. The van der Waals surface area contributed by atoms with Crippen LogP contribution in [-0.2, 0) is 6.61 Å². The molecular weight excluding hydrogens is 320 g/mol. The number of amides is 1. The average Bonchev–Trinajstić information content (AvgIpc) is 2.60. The van der Waals surface area contributed by atoms with Gasteiger partial charge in [-0.25, -0.2) is 4.98 Å². The first-order valence-corrected chi connectivity index (χ1v) is 7.78. The average molecular weight is 338 g/mol. The van der Waals surface area contributed by atoms with Gasteiger partial charge in [0.05, 0.1) is 17.5 Å². The van der Waals surface area contributed by atoms with Gasteiger partial charge in [0, 0.05) is 5.56 Å².